The molecule has 0 spiro atoms. The molecule has 0 heterocycles. The maximum absolute atomic E-state index is 5.40. The van der Waals surface area contributed by atoms with Gasteiger partial charge in [0, 0.05) is 5.69 Å². The van der Waals surface area contributed by atoms with E-state index >= 15 is 0 Å². The van der Waals surface area contributed by atoms with Crippen LogP contribution < -0.4 is 20.9 Å². The van der Waals surface area contributed by atoms with Crippen molar-refractivity contribution in [3.05, 3.63) is 53.6 Å². The van der Waals surface area contributed by atoms with Crippen LogP contribution in [0.25, 0.3) is 0 Å². The molecule has 2 rings (SSSR count). The van der Waals surface area contributed by atoms with Gasteiger partial charge in [-0.25, -0.2) is 0 Å². The highest BCUT2D eigenvalue weighted by molar-refractivity contribution is 7.80. The Bertz CT molecular complexity index is 621. The summed E-state index contributed by atoms with van der Waals surface area (Å²) in [5.74, 6) is 0.847. The average molecular weight is 315 g/mol. The first kappa shape index (κ1) is 16.1. The molecule has 0 radical (unpaired) electrons. The highest BCUT2D eigenvalue weighted by Gasteiger charge is 1.99. The zero-order chi connectivity index (χ0) is 15.9. The SMILES string of the molecule is CCOc1ccc(NC(=S)NNc2cc(C)cc(C)c2)cc1. The lowest BCUT2D eigenvalue weighted by molar-refractivity contribution is 0.340. The lowest BCUT2D eigenvalue weighted by Gasteiger charge is -2.14. The Morgan fingerprint density at radius 1 is 1.00 bits per heavy atom. The monoisotopic (exact) mass is 315 g/mol. The van der Waals surface area contributed by atoms with Crippen molar-refractivity contribution in [3.8, 4) is 5.75 Å². The van der Waals surface area contributed by atoms with Crippen LogP contribution in [0.3, 0.4) is 0 Å². The maximum atomic E-state index is 5.40. The minimum atomic E-state index is 0.503. The van der Waals surface area contributed by atoms with E-state index in [1.54, 1.807) is 0 Å². The maximum Gasteiger partial charge on any atom is 0.189 e. The normalized spacial score (nSPS) is 9.95. The number of aryl methyl sites for hydroxylation is 2. The summed E-state index contributed by atoms with van der Waals surface area (Å²) < 4.78 is 5.40. The number of hydrogen-bond donors (Lipinski definition) is 3. The second kappa shape index (κ2) is 7.66. The molecular weight excluding hydrogens is 294 g/mol. The quantitative estimate of drug-likeness (QED) is 0.575. The third-order valence-electron chi connectivity index (χ3n) is 2.97. The van der Waals surface area contributed by atoms with Crippen LogP contribution in [0.5, 0.6) is 5.75 Å². The van der Waals surface area contributed by atoms with Crippen LogP contribution in [-0.2, 0) is 0 Å². The summed E-state index contributed by atoms with van der Waals surface area (Å²) in [5, 5.41) is 3.62. The first-order valence-electron chi connectivity index (χ1n) is 7.21. The lowest BCUT2D eigenvalue weighted by atomic mass is 10.1. The van der Waals surface area contributed by atoms with Gasteiger partial charge in [0.2, 0.25) is 0 Å². The van der Waals surface area contributed by atoms with Crippen molar-refractivity contribution in [2.75, 3.05) is 17.3 Å². The zero-order valence-corrected chi connectivity index (χ0v) is 13.9. The highest BCUT2D eigenvalue weighted by Crippen LogP contribution is 2.16. The van der Waals surface area contributed by atoms with Gasteiger partial charge in [-0.05, 0) is 80.5 Å². The van der Waals surface area contributed by atoms with Crippen molar-refractivity contribution in [1.82, 2.24) is 5.43 Å². The molecule has 4 nitrogen and oxygen atoms in total. The van der Waals surface area contributed by atoms with E-state index in [1.807, 2.05) is 31.2 Å². The number of hydrazine groups is 1. The van der Waals surface area contributed by atoms with Crippen LogP contribution in [0.4, 0.5) is 11.4 Å². The minimum Gasteiger partial charge on any atom is -0.494 e. The van der Waals surface area contributed by atoms with Gasteiger partial charge in [0.15, 0.2) is 5.11 Å². The summed E-state index contributed by atoms with van der Waals surface area (Å²) >= 11 is 5.27. The Morgan fingerprint density at radius 3 is 2.23 bits per heavy atom. The van der Waals surface area contributed by atoms with Gasteiger partial charge in [0.25, 0.3) is 0 Å². The number of anilines is 2. The molecule has 0 aliphatic heterocycles. The standard InChI is InChI=1S/C17H21N3OS/c1-4-21-16-7-5-14(6-8-16)18-17(22)20-19-15-10-12(2)9-13(3)11-15/h5-11,19H,4H2,1-3H3,(H2,18,20,22). The summed E-state index contributed by atoms with van der Waals surface area (Å²) in [7, 11) is 0. The van der Waals surface area contributed by atoms with Crippen LogP contribution in [0.2, 0.25) is 0 Å². The smallest absolute Gasteiger partial charge is 0.189 e. The van der Waals surface area contributed by atoms with Crippen LogP contribution >= 0.6 is 12.2 Å². The van der Waals surface area contributed by atoms with E-state index in [2.05, 4.69) is 48.2 Å². The molecule has 3 N–H and O–H groups in total. The van der Waals surface area contributed by atoms with Crippen molar-refractivity contribution in [1.29, 1.82) is 0 Å². The van der Waals surface area contributed by atoms with Gasteiger partial charge in [-0.1, -0.05) is 6.07 Å². The molecule has 0 aliphatic rings. The van der Waals surface area contributed by atoms with Gasteiger partial charge in [0.05, 0.1) is 12.3 Å². The number of thiocarbonyl (C=S) groups is 1. The summed E-state index contributed by atoms with van der Waals surface area (Å²) in [4.78, 5) is 0. The number of nitrogens with one attached hydrogen (secondary N) is 3. The van der Waals surface area contributed by atoms with Crippen molar-refractivity contribution < 1.29 is 4.74 Å². The van der Waals surface area contributed by atoms with Gasteiger partial charge in [0.1, 0.15) is 5.75 Å². The minimum absolute atomic E-state index is 0.503. The topological polar surface area (TPSA) is 45.3 Å². The molecule has 0 saturated heterocycles. The molecule has 0 bridgehead atoms. The average Bonchev–Trinajstić information content (AvgIpc) is 2.47. The van der Waals surface area contributed by atoms with Crippen LogP contribution in [0, 0.1) is 13.8 Å². The van der Waals surface area contributed by atoms with E-state index in [0.29, 0.717) is 11.7 Å². The Kier molecular flexibility index (Phi) is 5.61. The Hall–Kier alpha value is -2.27. The molecule has 0 saturated carbocycles. The number of benzene rings is 2. The summed E-state index contributed by atoms with van der Waals surface area (Å²) in [6.07, 6.45) is 0. The first-order valence-corrected chi connectivity index (χ1v) is 7.62. The predicted molar refractivity (Wildman–Crippen MR) is 96.5 cm³/mol. The third-order valence-corrected chi connectivity index (χ3v) is 3.17. The molecule has 2 aromatic rings. The summed E-state index contributed by atoms with van der Waals surface area (Å²) in [6, 6.07) is 13.9. The highest BCUT2D eigenvalue weighted by atomic mass is 32.1. The molecule has 5 heteroatoms. The van der Waals surface area contributed by atoms with E-state index in [9.17, 15) is 0 Å². The first-order chi connectivity index (χ1) is 10.6. The van der Waals surface area contributed by atoms with Gasteiger partial charge in [-0.2, -0.15) is 0 Å². The molecule has 0 unspecified atom stereocenters. The van der Waals surface area contributed by atoms with E-state index in [-0.39, 0.29) is 0 Å². The van der Waals surface area contributed by atoms with Crippen LogP contribution in [0.1, 0.15) is 18.1 Å². The third kappa shape index (κ3) is 4.93. The number of ether oxygens (including phenoxy) is 1. The van der Waals surface area contributed by atoms with Crippen molar-refractivity contribution in [2.45, 2.75) is 20.8 Å². The van der Waals surface area contributed by atoms with Crippen LogP contribution in [-0.4, -0.2) is 11.7 Å². The molecular formula is C17H21N3OS. The zero-order valence-electron chi connectivity index (χ0n) is 13.1. The summed E-state index contributed by atoms with van der Waals surface area (Å²) in [5.41, 5.74) is 10.4. The molecule has 116 valence electrons. The fraction of sp³-hybridized carbons (Fsp3) is 0.235. The number of hydrogen-bond acceptors (Lipinski definition) is 3. The van der Waals surface area contributed by atoms with E-state index in [0.717, 1.165) is 17.1 Å². The van der Waals surface area contributed by atoms with Crippen LogP contribution in [0.15, 0.2) is 42.5 Å². The lowest BCUT2D eigenvalue weighted by Crippen LogP contribution is -2.33. The van der Waals surface area contributed by atoms with E-state index in [1.165, 1.54) is 11.1 Å². The number of rotatable bonds is 5. The molecule has 0 aliphatic carbocycles. The van der Waals surface area contributed by atoms with Crippen molar-refractivity contribution >= 4 is 28.7 Å². The van der Waals surface area contributed by atoms with Crippen molar-refractivity contribution in [2.24, 2.45) is 0 Å². The molecule has 2 aromatic carbocycles. The molecule has 0 fully saturated rings. The second-order valence-electron chi connectivity index (χ2n) is 5.04. The fourth-order valence-electron chi connectivity index (χ4n) is 2.14. The molecule has 0 aromatic heterocycles. The Morgan fingerprint density at radius 2 is 1.64 bits per heavy atom. The van der Waals surface area contributed by atoms with Gasteiger partial charge in [-0.15, -0.1) is 0 Å². The van der Waals surface area contributed by atoms with E-state index in [4.69, 9.17) is 17.0 Å². The second-order valence-corrected chi connectivity index (χ2v) is 5.45. The predicted octanol–water partition coefficient (Wildman–Crippen LogP) is 4.02. The molecule has 0 amide bonds. The van der Waals surface area contributed by atoms with E-state index < -0.39 is 0 Å². The fourth-order valence-corrected chi connectivity index (χ4v) is 2.31. The van der Waals surface area contributed by atoms with Gasteiger partial charge >= 0.3 is 0 Å². The molecule has 0 atom stereocenters. The van der Waals surface area contributed by atoms with Gasteiger partial charge in [-0.3, -0.25) is 10.9 Å². The summed E-state index contributed by atoms with van der Waals surface area (Å²) in [6.45, 7) is 6.75. The largest absolute Gasteiger partial charge is 0.494 e. The Balaban J connectivity index is 1.87. The van der Waals surface area contributed by atoms with Crippen molar-refractivity contribution in [3.63, 3.8) is 0 Å². The van der Waals surface area contributed by atoms with Gasteiger partial charge < -0.3 is 10.1 Å². The molecule has 22 heavy (non-hydrogen) atoms. The Labute approximate surface area is 136 Å².